The lowest BCUT2D eigenvalue weighted by Crippen LogP contribution is -2.35. The van der Waals surface area contributed by atoms with Gasteiger partial charge in [-0.2, -0.15) is 10.2 Å². The lowest BCUT2D eigenvalue weighted by molar-refractivity contribution is 0.0941. The van der Waals surface area contributed by atoms with Gasteiger partial charge in [-0.05, 0) is 67.2 Å². The highest BCUT2D eigenvalue weighted by Crippen LogP contribution is 2.36. The maximum Gasteiger partial charge on any atom is 0.410 e. The normalized spacial score (nSPS) is 13.6. The highest BCUT2D eigenvalue weighted by Gasteiger charge is 2.30. The van der Waals surface area contributed by atoms with Gasteiger partial charge in [0.05, 0.1) is 52.6 Å². The highest BCUT2D eigenvalue weighted by atomic mass is 32.2. The Kier molecular flexibility index (Phi) is 16.7. The second-order valence-corrected chi connectivity index (χ2v) is 26.1. The van der Waals surface area contributed by atoms with Crippen LogP contribution in [0, 0.1) is 18.8 Å². The summed E-state index contributed by atoms with van der Waals surface area (Å²) in [5.74, 6) is 1.45. The molecular formula is C56H64N14O8S3. The predicted molar refractivity (Wildman–Crippen MR) is 306 cm³/mol. The van der Waals surface area contributed by atoms with Gasteiger partial charge in [0, 0.05) is 109 Å². The molecule has 2 fully saturated rings. The molecule has 81 heavy (non-hydrogen) atoms. The zero-order valence-corrected chi connectivity index (χ0v) is 48.4. The summed E-state index contributed by atoms with van der Waals surface area (Å²) in [5.41, 5.74) is 7.87. The number of carbonyl (C=O) groups is 2. The topological polar surface area (TPSA) is 239 Å². The van der Waals surface area contributed by atoms with Crippen molar-refractivity contribution in [2.45, 2.75) is 67.9 Å². The second-order valence-electron chi connectivity index (χ2n) is 20.7. The molecule has 424 valence electrons. The molecule has 2 aliphatic rings. The second kappa shape index (κ2) is 24.0. The molecule has 0 spiro atoms. The molecule has 7 aromatic heterocycles. The van der Waals surface area contributed by atoms with Gasteiger partial charge in [-0.25, -0.2) is 50.7 Å². The molecule has 1 N–H and O–H groups in total. The Labute approximate surface area is 474 Å². The van der Waals surface area contributed by atoms with Gasteiger partial charge in [-0.1, -0.05) is 60.7 Å². The number of hydrogen-bond acceptors (Lipinski definition) is 16. The van der Waals surface area contributed by atoms with Gasteiger partial charge >= 0.3 is 12.2 Å². The molecule has 25 heteroatoms. The summed E-state index contributed by atoms with van der Waals surface area (Å²) in [4.78, 5) is 47.9. The summed E-state index contributed by atoms with van der Waals surface area (Å²) in [6, 6.07) is 21.0. The van der Waals surface area contributed by atoms with Crippen LogP contribution in [0.1, 0.15) is 53.8 Å². The van der Waals surface area contributed by atoms with Crippen molar-refractivity contribution in [3.63, 3.8) is 0 Å². The fraction of sp³-hybridized carbons (Fsp3) is 0.357. The van der Waals surface area contributed by atoms with Crippen molar-refractivity contribution in [1.29, 1.82) is 0 Å². The van der Waals surface area contributed by atoms with E-state index in [0.29, 0.717) is 84.3 Å². The van der Waals surface area contributed by atoms with Crippen LogP contribution < -0.4 is 5.32 Å². The van der Waals surface area contributed by atoms with E-state index >= 15 is 0 Å². The number of fused-ring (bicyclic) bond motifs is 2. The van der Waals surface area contributed by atoms with Crippen molar-refractivity contribution in [3.05, 3.63) is 144 Å². The number of hydrogen-bond donors (Lipinski definition) is 1. The Morgan fingerprint density at radius 2 is 1.16 bits per heavy atom. The molecule has 22 nitrogen and oxygen atoms in total. The molecule has 2 aromatic carbocycles. The summed E-state index contributed by atoms with van der Waals surface area (Å²) in [7, 11) is -0.533. The number of sulfonamides is 1. The number of carbonyl (C=O) groups excluding carboxylic acids is 2. The lowest BCUT2D eigenvalue weighted by atomic mass is 10.2. The van der Waals surface area contributed by atoms with E-state index in [2.05, 4.69) is 30.5 Å². The molecule has 11 rings (SSSR count). The number of ether oxygens (including phenoxy) is 2. The van der Waals surface area contributed by atoms with Crippen LogP contribution in [0.4, 0.5) is 20.4 Å². The van der Waals surface area contributed by atoms with Crippen molar-refractivity contribution in [1.82, 2.24) is 62.4 Å². The van der Waals surface area contributed by atoms with Crippen molar-refractivity contribution in [2.75, 3.05) is 51.8 Å². The van der Waals surface area contributed by atoms with Gasteiger partial charge in [-0.3, -0.25) is 18.2 Å². The molecule has 9 aromatic rings. The Hall–Kier alpha value is -8.00. The van der Waals surface area contributed by atoms with E-state index in [1.807, 2.05) is 97.8 Å². The van der Waals surface area contributed by atoms with Crippen LogP contribution in [0.25, 0.3) is 33.8 Å². The number of anilines is 2. The third-order valence-electron chi connectivity index (χ3n) is 13.8. The number of aromatic nitrogens is 10. The monoisotopic (exact) mass is 1160 g/mol. The Balaban J connectivity index is 0.000000186. The molecule has 2 saturated carbocycles. The van der Waals surface area contributed by atoms with Crippen molar-refractivity contribution >= 4 is 65.5 Å². The van der Waals surface area contributed by atoms with Gasteiger partial charge < -0.3 is 24.6 Å². The largest absolute Gasteiger partial charge is 0.445 e. The summed E-state index contributed by atoms with van der Waals surface area (Å²) < 4.78 is 70.7. The Morgan fingerprint density at radius 3 is 1.62 bits per heavy atom. The van der Waals surface area contributed by atoms with Gasteiger partial charge in [0.2, 0.25) is 0 Å². The number of nitrogens with zero attached hydrogens (tertiary/aromatic N) is 13. The van der Waals surface area contributed by atoms with Crippen LogP contribution >= 0.6 is 11.3 Å². The van der Waals surface area contributed by atoms with Crippen LogP contribution in [0.15, 0.2) is 126 Å². The van der Waals surface area contributed by atoms with E-state index in [1.165, 1.54) is 18.4 Å². The van der Waals surface area contributed by atoms with Crippen LogP contribution in [0.5, 0.6) is 0 Å². The average molecular weight is 1160 g/mol. The van der Waals surface area contributed by atoms with Gasteiger partial charge in [0.25, 0.3) is 10.0 Å². The minimum Gasteiger partial charge on any atom is -0.445 e. The number of benzene rings is 2. The molecule has 2 amide bonds. The van der Waals surface area contributed by atoms with E-state index in [9.17, 15) is 26.4 Å². The maximum atomic E-state index is 13.2. The van der Waals surface area contributed by atoms with Gasteiger partial charge in [0.15, 0.2) is 32.0 Å². The summed E-state index contributed by atoms with van der Waals surface area (Å²) >= 11 is 1.15. The summed E-state index contributed by atoms with van der Waals surface area (Å²) in [6.45, 7) is 4.25. The zero-order chi connectivity index (χ0) is 57.0. The van der Waals surface area contributed by atoms with E-state index < -0.39 is 19.9 Å². The number of rotatable bonds is 21. The molecule has 0 saturated heterocycles. The fourth-order valence-corrected chi connectivity index (χ4v) is 12.6. The van der Waals surface area contributed by atoms with Crippen LogP contribution in [0.2, 0.25) is 0 Å². The number of thiophene rings is 1. The third kappa shape index (κ3) is 13.8. The smallest absolute Gasteiger partial charge is 0.410 e. The first-order valence-electron chi connectivity index (χ1n) is 26.5. The van der Waals surface area contributed by atoms with E-state index in [4.69, 9.17) is 14.5 Å². The van der Waals surface area contributed by atoms with E-state index in [0.717, 1.165) is 76.9 Å². The number of aryl methyl sites for hydroxylation is 3. The minimum absolute atomic E-state index is 0.0875. The van der Waals surface area contributed by atoms with Crippen molar-refractivity contribution in [3.8, 4) is 22.5 Å². The maximum absolute atomic E-state index is 13.2. The molecule has 2 aliphatic carbocycles. The van der Waals surface area contributed by atoms with Crippen LogP contribution in [0.3, 0.4) is 0 Å². The first-order valence-corrected chi connectivity index (χ1v) is 30.6. The Morgan fingerprint density at radius 1 is 0.679 bits per heavy atom. The van der Waals surface area contributed by atoms with Crippen molar-refractivity contribution in [2.24, 2.45) is 25.9 Å². The molecule has 0 radical (unpaired) electrons. The van der Waals surface area contributed by atoms with Gasteiger partial charge in [0.1, 0.15) is 17.4 Å². The molecule has 0 bridgehead atoms. The quantitative estimate of drug-likeness (QED) is 0.0713. The average Bonchev–Trinajstić information content (AvgIpc) is 4.28. The van der Waals surface area contributed by atoms with Crippen LogP contribution in [-0.4, -0.2) is 138 Å². The zero-order valence-electron chi connectivity index (χ0n) is 45.9. The number of sulfone groups is 1. The molecular weight excluding hydrogens is 1090 g/mol. The lowest BCUT2D eigenvalue weighted by Gasteiger charge is -2.22. The first-order chi connectivity index (χ1) is 38.9. The summed E-state index contributed by atoms with van der Waals surface area (Å²) in [5, 5.41) is 12.4. The third-order valence-corrected chi connectivity index (χ3v) is 18.3. The minimum atomic E-state index is -3.64. The SMILES string of the molecule is Cc1cc(Nc2nc(CCN(CC3CC3)C(=O)OCc3ccccc3)cn3c(-c4cnn(C)c4)cnc23)sc1S(=O)(=O)N(C)C.Cn1cc(-c2cnc3c(S(C)(=O)=O)nc(CCN(CC4CC4)C(=O)OCc4ccccc4)cn23)cn1. The van der Waals surface area contributed by atoms with Crippen LogP contribution in [-0.2, 0) is 69.5 Å². The highest BCUT2D eigenvalue weighted by molar-refractivity contribution is 7.91. The number of imidazole rings is 2. The molecule has 7 heterocycles. The van der Waals surface area contributed by atoms with Gasteiger partial charge in [-0.15, -0.1) is 11.3 Å². The summed E-state index contributed by atoms with van der Waals surface area (Å²) in [6.07, 6.45) is 20.0. The standard InChI is InChI=1S/C31H36N8O4S2.C25H28N6O4S/c1-21-14-27(44-30(21)45(41,42)36(2)3)35-28-29-32-16-26(24-15-33-37(4)18-24)39(29)19-25(34-28)12-13-38(17-22-10-11-22)31(40)43-20-23-8-6-5-7-9-23;1-29-15-20(12-27-29)22-13-26-23-24(36(2,33)34)28-21(16-31(22)23)10-11-30(14-18-8-9-18)25(32)35-17-19-6-4-3-5-7-19/h5-9,14-16,18-19,22H,10-13,17,20H2,1-4H3,(H,34,35);3-7,12-13,15-16,18H,8-11,14,17H2,1-2H3. The molecule has 0 unspecified atom stereocenters. The Bertz CT molecular complexity index is 3920. The van der Waals surface area contributed by atoms with Crippen molar-refractivity contribution < 1.29 is 35.9 Å². The molecule has 0 aliphatic heterocycles. The number of nitrogens with one attached hydrogen (secondary N) is 1. The number of amides is 2. The van der Waals surface area contributed by atoms with E-state index in [-0.39, 0.29) is 40.3 Å². The first kappa shape index (κ1) is 56.3. The predicted octanol–water partition coefficient (Wildman–Crippen LogP) is 8.21. The fourth-order valence-electron chi connectivity index (χ4n) is 9.08. The van der Waals surface area contributed by atoms with E-state index in [1.54, 1.807) is 67.5 Å². The molecule has 0 atom stereocenters.